The van der Waals surface area contributed by atoms with Gasteiger partial charge in [0.05, 0.1) is 4.91 Å². The molecule has 1 aliphatic heterocycles. The quantitative estimate of drug-likeness (QED) is 0.723. The number of ether oxygens (including phenoxy) is 1. The van der Waals surface area contributed by atoms with Crippen molar-refractivity contribution in [1.82, 2.24) is 10.2 Å². The SMILES string of the molecule is O=C(COc1ccccc1)NCCN1C(=O)S/C(=C\c2ccccc2F)C1=O. The zero-order valence-electron chi connectivity index (χ0n) is 14.8. The number of nitrogens with zero attached hydrogens (tertiary/aromatic N) is 1. The predicted octanol–water partition coefficient (Wildman–Crippen LogP) is 3.06. The fraction of sp³-hybridized carbons (Fsp3) is 0.150. The Bertz CT molecular complexity index is 917. The summed E-state index contributed by atoms with van der Waals surface area (Å²) in [5.41, 5.74) is 0.236. The van der Waals surface area contributed by atoms with Gasteiger partial charge in [-0.1, -0.05) is 36.4 Å². The van der Waals surface area contributed by atoms with E-state index in [4.69, 9.17) is 4.74 Å². The van der Waals surface area contributed by atoms with Gasteiger partial charge in [-0.05, 0) is 36.0 Å². The molecule has 2 aromatic rings. The number of carbonyl (C=O) groups is 3. The van der Waals surface area contributed by atoms with E-state index in [-0.39, 0.29) is 36.1 Å². The number of hydrogen-bond donors (Lipinski definition) is 1. The molecule has 2 aromatic carbocycles. The molecular weight excluding hydrogens is 383 g/mol. The highest BCUT2D eigenvalue weighted by Gasteiger charge is 2.34. The number of thioether (sulfide) groups is 1. The lowest BCUT2D eigenvalue weighted by molar-refractivity contribution is -0.125. The second-order valence-corrected chi connectivity index (χ2v) is 6.80. The van der Waals surface area contributed by atoms with Crippen molar-refractivity contribution in [2.24, 2.45) is 0 Å². The second-order valence-electron chi connectivity index (χ2n) is 5.81. The molecule has 0 saturated carbocycles. The molecule has 0 spiro atoms. The van der Waals surface area contributed by atoms with Gasteiger partial charge >= 0.3 is 0 Å². The molecule has 1 N–H and O–H groups in total. The van der Waals surface area contributed by atoms with Crippen LogP contribution in [0, 0.1) is 5.82 Å². The van der Waals surface area contributed by atoms with Crippen molar-refractivity contribution in [3.63, 3.8) is 0 Å². The summed E-state index contributed by atoms with van der Waals surface area (Å²) in [6, 6.07) is 14.9. The first kappa shape index (κ1) is 19.6. The van der Waals surface area contributed by atoms with E-state index in [9.17, 15) is 18.8 Å². The Hall–Kier alpha value is -3.13. The predicted molar refractivity (Wildman–Crippen MR) is 104 cm³/mol. The highest BCUT2D eigenvalue weighted by molar-refractivity contribution is 8.18. The van der Waals surface area contributed by atoms with Crippen LogP contribution in [0.4, 0.5) is 9.18 Å². The van der Waals surface area contributed by atoms with Gasteiger partial charge in [0.2, 0.25) is 0 Å². The van der Waals surface area contributed by atoms with Gasteiger partial charge in [0.25, 0.3) is 17.1 Å². The first-order valence-electron chi connectivity index (χ1n) is 8.49. The topological polar surface area (TPSA) is 75.7 Å². The summed E-state index contributed by atoms with van der Waals surface area (Å²) in [6.45, 7) is -0.0442. The zero-order chi connectivity index (χ0) is 19.9. The molecule has 0 radical (unpaired) electrons. The maximum absolute atomic E-state index is 13.7. The third-order valence-corrected chi connectivity index (χ3v) is 4.74. The van der Waals surface area contributed by atoms with Gasteiger partial charge in [-0.3, -0.25) is 19.3 Å². The molecule has 3 rings (SSSR count). The summed E-state index contributed by atoms with van der Waals surface area (Å²) in [5, 5.41) is 2.14. The van der Waals surface area contributed by atoms with Crippen LogP contribution in [-0.2, 0) is 9.59 Å². The lowest BCUT2D eigenvalue weighted by Gasteiger charge is -2.13. The maximum atomic E-state index is 13.7. The average Bonchev–Trinajstić information content (AvgIpc) is 2.96. The molecule has 8 heteroatoms. The fourth-order valence-corrected chi connectivity index (χ4v) is 3.31. The molecule has 1 saturated heterocycles. The molecule has 1 aliphatic rings. The summed E-state index contributed by atoms with van der Waals surface area (Å²) < 4.78 is 19.0. The molecule has 0 atom stereocenters. The number of amides is 3. The number of nitrogens with one attached hydrogen (secondary N) is 1. The van der Waals surface area contributed by atoms with Gasteiger partial charge in [-0.15, -0.1) is 0 Å². The van der Waals surface area contributed by atoms with Crippen molar-refractivity contribution in [2.75, 3.05) is 19.7 Å². The van der Waals surface area contributed by atoms with Gasteiger partial charge in [0.15, 0.2) is 6.61 Å². The van der Waals surface area contributed by atoms with Crippen molar-refractivity contribution in [1.29, 1.82) is 0 Å². The van der Waals surface area contributed by atoms with Crippen LogP contribution >= 0.6 is 11.8 Å². The molecule has 28 heavy (non-hydrogen) atoms. The standard InChI is InChI=1S/C20H17FN2O4S/c21-16-9-5-4-6-14(16)12-17-19(25)23(20(26)28-17)11-10-22-18(24)13-27-15-7-2-1-3-8-15/h1-9,12H,10-11,13H2,(H,22,24)/b17-12-. The van der Waals surface area contributed by atoms with E-state index in [2.05, 4.69) is 5.32 Å². The molecule has 0 aromatic heterocycles. The van der Waals surface area contributed by atoms with E-state index in [1.165, 1.54) is 18.2 Å². The monoisotopic (exact) mass is 400 g/mol. The third-order valence-electron chi connectivity index (χ3n) is 3.84. The van der Waals surface area contributed by atoms with Crippen LogP contribution in [0.1, 0.15) is 5.56 Å². The molecule has 0 unspecified atom stereocenters. The second kappa shape index (κ2) is 9.18. The molecule has 0 bridgehead atoms. The van der Waals surface area contributed by atoms with Gasteiger partial charge in [0.1, 0.15) is 11.6 Å². The van der Waals surface area contributed by atoms with Crippen molar-refractivity contribution >= 4 is 34.9 Å². The highest BCUT2D eigenvalue weighted by Crippen LogP contribution is 2.32. The van der Waals surface area contributed by atoms with Crippen LogP contribution < -0.4 is 10.1 Å². The Morgan fingerprint density at radius 1 is 1.11 bits per heavy atom. The molecule has 1 fully saturated rings. The number of imide groups is 1. The van der Waals surface area contributed by atoms with E-state index >= 15 is 0 Å². The van der Waals surface area contributed by atoms with Crippen LogP contribution in [0.15, 0.2) is 59.5 Å². The first-order chi connectivity index (χ1) is 13.5. The summed E-state index contributed by atoms with van der Waals surface area (Å²) in [6.07, 6.45) is 1.35. The highest BCUT2D eigenvalue weighted by atomic mass is 32.2. The van der Waals surface area contributed by atoms with Crippen LogP contribution in [0.2, 0.25) is 0 Å². The Labute approximate surface area is 165 Å². The number of hydrogen-bond acceptors (Lipinski definition) is 5. The maximum Gasteiger partial charge on any atom is 0.293 e. The van der Waals surface area contributed by atoms with Crippen molar-refractivity contribution in [3.05, 3.63) is 70.9 Å². The number of para-hydroxylation sites is 1. The van der Waals surface area contributed by atoms with Crippen LogP contribution in [0.25, 0.3) is 6.08 Å². The van der Waals surface area contributed by atoms with Gasteiger partial charge in [-0.2, -0.15) is 0 Å². The molecular formula is C20H17FN2O4S. The van der Waals surface area contributed by atoms with Gasteiger partial charge in [-0.25, -0.2) is 4.39 Å². The average molecular weight is 400 g/mol. The normalized spacial score (nSPS) is 15.2. The number of rotatable bonds is 7. The first-order valence-corrected chi connectivity index (χ1v) is 9.30. The van der Waals surface area contributed by atoms with E-state index in [1.807, 2.05) is 6.07 Å². The minimum absolute atomic E-state index is 0.0242. The fourth-order valence-electron chi connectivity index (χ4n) is 2.45. The summed E-state index contributed by atoms with van der Waals surface area (Å²) in [4.78, 5) is 37.4. The summed E-state index contributed by atoms with van der Waals surface area (Å²) in [7, 11) is 0. The largest absolute Gasteiger partial charge is 0.484 e. The van der Waals surface area contributed by atoms with Gasteiger partial charge in [0, 0.05) is 18.7 Å². The van der Waals surface area contributed by atoms with E-state index < -0.39 is 17.0 Å². The molecule has 0 aliphatic carbocycles. The van der Waals surface area contributed by atoms with Crippen LogP contribution in [-0.4, -0.2) is 41.6 Å². The number of halogens is 1. The minimum atomic E-state index is -0.506. The molecule has 6 nitrogen and oxygen atoms in total. The van der Waals surface area contributed by atoms with Crippen molar-refractivity contribution in [3.8, 4) is 5.75 Å². The third kappa shape index (κ3) is 4.98. The van der Waals surface area contributed by atoms with Crippen LogP contribution in [0.5, 0.6) is 5.75 Å². The lowest BCUT2D eigenvalue weighted by atomic mass is 10.2. The molecule has 3 amide bonds. The Morgan fingerprint density at radius 2 is 1.82 bits per heavy atom. The van der Waals surface area contributed by atoms with E-state index in [0.29, 0.717) is 5.75 Å². The van der Waals surface area contributed by atoms with Gasteiger partial charge < -0.3 is 10.1 Å². The van der Waals surface area contributed by atoms with Crippen molar-refractivity contribution < 1.29 is 23.5 Å². The minimum Gasteiger partial charge on any atom is -0.484 e. The zero-order valence-corrected chi connectivity index (χ0v) is 15.6. The van der Waals surface area contributed by atoms with Crippen molar-refractivity contribution in [2.45, 2.75) is 0 Å². The Morgan fingerprint density at radius 3 is 2.57 bits per heavy atom. The Kier molecular flexibility index (Phi) is 6.44. The van der Waals surface area contributed by atoms with Crippen LogP contribution in [0.3, 0.4) is 0 Å². The lowest BCUT2D eigenvalue weighted by Crippen LogP contribution is -2.38. The summed E-state index contributed by atoms with van der Waals surface area (Å²) in [5.74, 6) is -0.771. The number of carbonyl (C=O) groups excluding carboxylic acids is 3. The smallest absolute Gasteiger partial charge is 0.293 e. The van der Waals surface area contributed by atoms with E-state index in [1.54, 1.807) is 36.4 Å². The van der Waals surface area contributed by atoms with E-state index in [0.717, 1.165) is 16.7 Å². The summed E-state index contributed by atoms with van der Waals surface area (Å²) >= 11 is 0.746. The Balaban J connectivity index is 1.49. The molecule has 144 valence electrons. The molecule has 1 heterocycles. The number of benzene rings is 2.